The lowest BCUT2D eigenvalue weighted by atomic mass is 10.0. The first-order chi connectivity index (χ1) is 6.70. The fourth-order valence-electron chi connectivity index (χ4n) is 1.32. The molecule has 0 atom stereocenters. The van der Waals surface area contributed by atoms with E-state index in [-0.39, 0.29) is 17.1 Å². The molecular weight excluding hydrogens is 180 g/mol. The van der Waals surface area contributed by atoms with Gasteiger partial charge in [0, 0.05) is 6.42 Å². The fourth-order valence-corrected chi connectivity index (χ4v) is 1.32. The highest BCUT2D eigenvalue weighted by Crippen LogP contribution is 2.28. The van der Waals surface area contributed by atoms with Crippen LogP contribution in [0.2, 0.25) is 0 Å². The van der Waals surface area contributed by atoms with Crippen LogP contribution in [0.1, 0.15) is 30.1 Å². The number of ether oxygens (including phenoxy) is 1. The molecule has 0 saturated carbocycles. The summed E-state index contributed by atoms with van der Waals surface area (Å²) in [4.78, 5) is 11.6. The van der Waals surface area contributed by atoms with Crippen molar-refractivity contribution in [3.63, 3.8) is 0 Å². The van der Waals surface area contributed by atoms with Crippen molar-refractivity contribution >= 4 is 5.78 Å². The Balaban J connectivity index is 3.10. The molecular formula is C11H14O3. The smallest absolute Gasteiger partial charge is 0.170 e. The van der Waals surface area contributed by atoms with Gasteiger partial charge < -0.3 is 9.84 Å². The molecule has 3 nitrogen and oxygen atoms in total. The molecule has 1 rings (SSSR count). The normalized spacial score (nSPS) is 9.86. The van der Waals surface area contributed by atoms with E-state index in [1.54, 1.807) is 12.1 Å². The first kappa shape index (κ1) is 10.6. The summed E-state index contributed by atoms with van der Waals surface area (Å²) in [5, 5.41) is 9.52. The summed E-state index contributed by atoms with van der Waals surface area (Å²) < 4.78 is 5.01. The summed E-state index contributed by atoms with van der Waals surface area (Å²) in [6.07, 6.45) is 1.18. The Labute approximate surface area is 83.3 Å². The van der Waals surface area contributed by atoms with Crippen LogP contribution in [0.4, 0.5) is 0 Å². The Morgan fingerprint density at radius 3 is 2.79 bits per heavy atom. The zero-order valence-electron chi connectivity index (χ0n) is 8.41. The van der Waals surface area contributed by atoms with Crippen molar-refractivity contribution in [2.75, 3.05) is 7.11 Å². The quantitative estimate of drug-likeness (QED) is 0.748. The predicted octanol–water partition coefficient (Wildman–Crippen LogP) is 2.38. The van der Waals surface area contributed by atoms with Crippen molar-refractivity contribution in [3.8, 4) is 11.5 Å². The van der Waals surface area contributed by atoms with E-state index in [0.29, 0.717) is 12.2 Å². The Kier molecular flexibility index (Phi) is 3.51. The highest BCUT2D eigenvalue weighted by Gasteiger charge is 2.15. The summed E-state index contributed by atoms with van der Waals surface area (Å²) in [7, 11) is 1.48. The molecule has 0 aromatic heterocycles. The maximum Gasteiger partial charge on any atom is 0.170 e. The lowest BCUT2D eigenvalue weighted by Crippen LogP contribution is -2.01. The summed E-state index contributed by atoms with van der Waals surface area (Å²) in [6, 6.07) is 4.81. The Bertz CT molecular complexity index is 331. The molecule has 0 bridgehead atoms. The molecule has 1 aromatic carbocycles. The monoisotopic (exact) mass is 194 g/mol. The maximum atomic E-state index is 11.6. The summed E-state index contributed by atoms with van der Waals surface area (Å²) in [6.45, 7) is 1.92. The van der Waals surface area contributed by atoms with Gasteiger partial charge in [0.1, 0.15) is 17.1 Å². The number of Topliss-reactive ketones (excluding diaryl/α,β-unsaturated/α-hetero) is 1. The maximum absolute atomic E-state index is 11.6. The molecule has 0 aliphatic heterocycles. The molecule has 0 unspecified atom stereocenters. The van der Waals surface area contributed by atoms with Gasteiger partial charge in [-0.3, -0.25) is 4.79 Å². The summed E-state index contributed by atoms with van der Waals surface area (Å²) >= 11 is 0. The second kappa shape index (κ2) is 4.65. The van der Waals surface area contributed by atoms with Gasteiger partial charge in [0.15, 0.2) is 5.78 Å². The topological polar surface area (TPSA) is 46.5 Å². The number of aromatic hydroxyl groups is 1. The van der Waals surface area contributed by atoms with E-state index < -0.39 is 0 Å². The first-order valence-corrected chi connectivity index (χ1v) is 4.59. The van der Waals surface area contributed by atoms with E-state index in [2.05, 4.69) is 0 Å². The van der Waals surface area contributed by atoms with Crippen LogP contribution in [0.3, 0.4) is 0 Å². The number of carbonyl (C=O) groups is 1. The van der Waals surface area contributed by atoms with Gasteiger partial charge >= 0.3 is 0 Å². The van der Waals surface area contributed by atoms with Crippen molar-refractivity contribution < 1.29 is 14.6 Å². The third kappa shape index (κ3) is 2.05. The molecule has 0 heterocycles. The average molecular weight is 194 g/mol. The number of ketones is 1. The van der Waals surface area contributed by atoms with Gasteiger partial charge in [-0.15, -0.1) is 0 Å². The molecule has 0 saturated heterocycles. The molecule has 0 radical (unpaired) electrons. The number of benzene rings is 1. The molecule has 14 heavy (non-hydrogen) atoms. The van der Waals surface area contributed by atoms with Crippen LogP contribution in [0.25, 0.3) is 0 Å². The molecule has 0 aliphatic carbocycles. The number of phenolic OH excluding ortho intramolecular Hbond substituents is 1. The van der Waals surface area contributed by atoms with E-state index in [9.17, 15) is 9.90 Å². The van der Waals surface area contributed by atoms with Gasteiger partial charge in [-0.1, -0.05) is 13.0 Å². The van der Waals surface area contributed by atoms with Crippen LogP contribution < -0.4 is 4.74 Å². The number of hydrogen-bond donors (Lipinski definition) is 1. The minimum absolute atomic E-state index is 0.0113. The molecule has 0 fully saturated rings. The third-order valence-electron chi connectivity index (χ3n) is 1.98. The van der Waals surface area contributed by atoms with Crippen LogP contribution in [0.5, 0.6) is 11.5 Å². The Morgan fingerprint density at radius 1 is 1.50 bits per heavy atom. The standard InChI is InChI=1S/C11H14O3/c1-3-5-8(12)11-9(13)6-4-7-10(11)14-2/h4,6-7,13H,3,5H2,1-2H3. The van der Waals surface area contributed by atoms with Crippen molar-refractivity contribution in [2.24, 2.45) is 0 Å². The van der Waals surface area contributed by atoms with E-state index in [4.69, 9.17) is 4.74 Å². The Morgan fingerprint density at radius 2 is 2.21 bits per heavy atom. The van der Waals surface area contributed by atoms with Crippen LogP contribution in [0.15, 0.2) is 18.2 Å². The molecule has 0 amide bonds. The predicted molar refractivity (Wildman–Crippen MR) is 53.9 cm³/mol. The number of rotatable bonds is 4. The summed E-state index contributed by atoms with van der Waals surface area (Å²) in [5.41, 5.74) is 0.289. The van der Waals surface area contributed by atoms with E-state index in [1.807, 2.05) is 6.92 Å². The molecule has 1 N–H and O–H groups in total. The van der Waals surface area contributed by atoms with Crippen molar-refractivity contribution in [2.45, 2.75) is 19.8 Å². The van der Waals surface area contributed by atoms with E-state index >= 15 is 0 Å². The average Bonchev–Trinajstić information content (AvgIpc) is 2.17. The first-order valence-electron chi connectivity index (χ1n) is 4.59. The van der Waals surface area contributed by atoms with Gasteiger partial charge in [-0.2, -0.15) is 0 Å². The molecule has 3 heteroatoms. The van der Waals surface area contributed by atoms with Crippen LogP contribution in [-0.2, 0) is 0 Å². The van der Waals surface area contributed by atoms with E-state index in [1.165, 1.54) is 13.2 Å². The van der Waals surface area contributed by atoms with Crippen molar-refractivity contribution in [1.82, 2.24) is 0 Å². The number of methoxy groups -OCH3 is 1. The second-order valence-electron chi connectivity index (χ2n) is 3.03. The minimum atomic E-state index is -0.0811. The van der Waals surface area contributed by atoms with Crippen LogP contribution >= 0.6 is 0 Å². The lowest BCUT2D eigenvalue weighted by Gasteiger charge is -2.08. The zero-order chi connectivity index (χ0) is 10.6. The van der Waals surface area contributed by atoms with Crippen LogP contribution in [-0.4, -0.2) is 18.0 Å². The van der Waals surface area contributed by atoms with Gasteiger partial charge in [0.25, 0.3) is 0 Å². The lowest BCUT2D eigenvalue weighted by molar-refractivity contribution is 0.0976. The fraction of sp³-hybridized carbons (Fsp3) is 0.364. The number of hydrogen-bond acceptors (Lipinski definition) is 3. The number of carbonyl (C=O) groups excluding carboxylic acids is 1. The molecule has 0 spiro atoms. The zero-order valence-corrected chi connectivity index (χ0v) is 8.41. The van der Waals surface area contributed by atoms with Gasteiger partial charge in [0.05, 0.1) is 7.11 Å². The van der Waals surface area contributed by atoms with Crippen LogP contribution in [0, 0.1) is 0 Å². The van der Waals surface area contributed by atoms with Gasteiger partial charge in [-0.25, -0.2) is 0 Å². The van der Waals surface area contributed by atoms with Crippen molar-refractivity contribution in [1.29, 1.82) is 0 Å². The number of phenols is 1. The SMILES string of the molecule is CCCC(=O)c1c(O)cccc1OC. The second-order valence-corrected chi connectivity index (χ2v) is 3.03. The minimum Gasteiger partial charge on any atom is -0.507 e. The largest absolute Gasteiger partial charge is 0.507 e. The van der Waals surface area contributed by atoms with Crippen molar-refractivity contribution in [3.05, 3.63) is 23.8 Å². The molecule has 76 valence electrons. The van der Waals surface area contributed by atoms with Gasteiger partial charge in [-0.05, 0) is 18.6 Å². The third-order valence-corrected chi connectivity index (χ3v) is 1.98. The van der Waals surface area contributed by atoms with Gasteiger partial charge in [0.2, 0.25) is 0 Å². The van der Waals surface area contributed by atoms with E-state index in [0.717, 1.165) is 6.42 Å². The molecule has 1 aromatic rings. The molecule has 0 aliphatic rings. The highest BCUT2D eigenvalue weighted by atomic mass is 16.5. The summed E-state index contributed by atoms with van der Waals surface area (Å²) in [5.74, 6) is 0.341. The highest BCUT2D eigenvalue weighted by molar-refractivity contribution is 6.01. The Hall–Kier alpha value is -1.51.